The van der Waals surface area contributed by atoms with E-state index in [1.165, 1.54) is 57.8 Å². The summed E-state index contributed by atoms with van der Waals surface area (Å²) in [5, 5.41) is 0. The van der Waals surface area contributed by atoms with Crippen molar-refractivity contribution in [3.63, 3.8) is 0 Å². The number of imidazole rings is 1. The molecule has 0 N–H and O–H groups in total. The fraction of sp³-hybridized carbons (Fsp3) is 0.591. The number of unbranched alkanes of at least 4 members (excludes halogenated alkanes) is 8. The molecule has 3 nitrogen and oxygen atoms in total. The predicted molar refractivity (Wildman–Crippen MR) is 104 cm³/mol. The van der Waals surface area contributed by atoms with Crippen molar-refractivity contribution in [2.24, 2.45) is 0 Å². The number of aryl methyl sites for hydroxylation is 1. The average molecular weight is 344 g/mol. The summed E-state index contributed by atoms with van der Waals surface area (Å²) in [6, 6.07) is 8.22. The first kappa shape index (κ1) is 19.6. The summed E-state index contributed by atoms with van der Waals surface area (Å²) in [6.45, 7) is 6.09. The van der Waals surface area contributed by atoms with E-state index in [9.17, 15) is 0 Å². The Balaban J connectivity index is 1.70. The Morgan fingerprint density at radius 3 is 2.28 bits per heavy atom. The van der Waals surface area contributed by atoms with E-state index in [1.54, 1.807) is 0 Å². The average Bonchev–Trinajstić information content (AvgIpc) is 3.10. The number of ether oxygens (including phenoxy) is 1. The van der Waals surface area contributed by atoms with Gasteiger partial charge in [0.15, 0.2) is 11.4 Å². The van der Waals surface area contributed by atoms with Crippen molar-refractivity contribution in [3.05, 3.63) is 43.0 Å². The molecule has 0 aliphatic heterocycles. The van der Waals surface area contributed by atoms with Gasteiger partial charge in [-0.15, -0.1) is 0 Å². The first-order valence-corrected chi connectivity index (χ1v) is 10.1. The molecule has 0 saturated heterocycles. The third-order valence-corrected chi connectivity index (χ3v) is 4.65. The molecule has 2 aromatic rings. The molecule has 0 atom stereocenters. The number of rotatable bonds is 13. The predicted octanol–water partition coefficient (Wildman–Crippen LogP) is 5.69. The second-order valence-corrected chi connectivity index (χ2v) is 6.79. The second kappa shape index (κ2) is 11.7. The minimum absolute atomic E-state index is 0.691. The number of benzene rings is 1. The van der Waals surface area contributed by atoms with Gasteiger partial charge in [0.2, 0.25) is 6.33 Å². The van der Waals surface area contributed by atoms with E-state index in [0.717, 1.165) is 18.0 Å². The van der Waals surface area contributed by atoms with Crippen molar-refractivity contribution in [1.82, 2.24) is 4.57 Å². The second-order valence-electron chi connectivity index (χ2n) is 6.79. The Bertz CT molecular complexity index is 591. The fourth-order valence-electron chi connectivity index (χ4n) is 3.22. The lowest BCUT2D eigenvalue weighted by molar-refractivity contribution is -0.696. The van der Waals surface area contributed by atoms with Crippen LogP contribution in [-0.4, -0.2) is 11.2 Å². The van der Waals surface area contributed by atoms with Gasteiger partial charge < -0.3 is 4.74 Å². The van der Waals surface area contributed by atoms with Gasteiger partial charge in [0, 0.05) is 0 Å². The normalized spacial score (nSPS) is 11.0. The van der Waals surface area contributed by atoms with E-state index in [0.29, 0.717) is 6.61 Å². The van der Waals surface area contributed by atoms with Gasteiger partial charge in [-0.2, -0.15) is 4.57 Å². The molecule has 0 fully saturated rings. The Morgan fingerprint density at radius 1 is 0.880 bits per heavy atom. The van der Waals surface area contributed by atoms with Crippen molar-refractivity contribution < 1.29 is 9.30 Å². The van der Waals surface area contributed by atoms with Crippen LogP contribution in [0.5, 0.6) is 5.75 Å². The smallest absolute Gasteiger partial charge is 0.249 e. The maximum Gasteiger partial charge on any atom is 0.249 e. The van der Waals surface area contributed by atoms with Crippen LogP contribution in [-0.2, 0) is 6.54 Å². The molecule has 25 heavy (non-hydrogen) atoms. The van der Waals surface area contributed by atoms with Gasteiger partial charge in [-0.3, -0.25) is 0 Å². The molecule has 1 aromatic heterocycles. The minimum Gasteiger partial charge on any atom is -0.489 e. The summed E-state index contributed by atoms with van der Waals surface area (Å²) in [4.78, 5) is 0. The van der Waals surface area contributed by atoms with Crippen molar-refractivity contribution in [3.8, 4) is 11.4 Å². The van der Waals surface area contributed by atoms with Gasteiger partial charge in [0.05, 0.1) is 13.2 Å². The molecule has 138 valence electrons. The quantitative estimate of drug-likeness (QED) is 0.337. The van der Waals surface area contributed by atoms with Crippen LogP contribution in [0.1, 0.15) is 71.6 Å². The van der Waals surface area contributed by atoms with E-state index >= 15 is 0 Å². The number of hydrogen-bond acceptors (Lipinski definition) is 1. The van der Waals surface area contributed by atoms with Crippen LogP contribution in [0.15, 0.2) is 43.0 Å². The van der Waals surface area contributed by atoms with Crippen LogP contribution < -0.4 is 9.30 Å². The van der Waals surface area contributed by atoms with Gasteiger partial charge in [-0.25, -0.2) is 4.57 Å². The fourth-order valence-corrected chi connectivity index (χ4v) is 3.22. The van der Waals surface area contributed by atoms with Gasteiger partial charge in [-0.1, -0.05) is 64.0 Å². The highest BCUT2D eigenvalue weighted by Crippen LogP contribution is 2.21. The summed E-state index contributed by atoms with van der Waals surface area (Å²) in [6.07, 6.45) is 18.8. The summed E-state index contributed by atoms with van der Waals surface area (Å²) < 4.78 is 10.2. The van der Waals surface area contributed by atoms with E-state index in [-0.39, 0.29) is 0 Å². The lowest BCUT2D eigenvalue weighted by atomic mass is 10.1. The lowest BCUT2D eigenvalue weighted by Gasteiger charge is -2.06. The SMILES string of the molecule is CCCCCCCCCCC[n+]1ccn(-c2ccccc2OCC)c1. The molecule has 0 aliphatic carbocycles. The van der Waals surface area contributed by atoms with Crippen LogP contribution in [0.25, 0.3) is 5.69 Å². The monoisotopic (exact) mass is 343 g/mol. The molecule has 0 radical (unpaired) electrons. The molecule has 1 heterocycles. The van der Waals surface area contributed by atoms with Crippen molar-refractivity contribution >= 4 is 0 Å². The summed E-state index contributed by atoms with van der Waals surface area (Å²) in [7, 11) is 0. The molecule has 0 amide bonds. The first-order chi connectivity index (χ1) is 12.3. The molecular formula is C22H35N2O+. The van der Waals surface area contributed by atoms with Crippen LogP contribution in [0.2, 0.25) is 0 Å². The van der Waals surface area contributed by atoms with Crippen LogP contribution >= 0.6 is 0 Å². The van der Waals surface area contributed by atoms with Gasteiger partial charge in [0.1, 0.15) is 12.4 Å². The van der Waals surface area contributed by atoms with E-state index in [2.05, 4.69) is 46.9 Å². The number of nitrogens with zero attached hydrogens (tertiary/aromatic N) is 2. The number of hydrogen-bond donors (Lipinski definition) is 0. The molecule has 0 unspecified atom stereocenters. The van der Waals surface area contributed by atoms with E-state index in [4.69, 9.17) is 4.74 Å². The zero-order chi connectivity index (χ0) is 17.7. The summed E-state index contributed by atoms with van der Waals surface area (Å²) in [5.41, 5.74) is 1.11. The summed E-state index contributed by atoms with van der Waals surface area (Å²) in [5.74, 6) is 0.941. The number of para-hydroxylation sites is 2. The van der Waals surface area contributed by atoms with Crippen LogP contribution in [0.3, 0.4) is 0 Å². The topological polar surface area (TPSA) is 18.0 Å². The minimum atomic E-state index is 0.691. The zero-order valence-corrected chi connectivity index (χ0v) is 16.1. The maximum atomic E-state index is 5.73. The molecule has 1 aromatic carbocycles. The molecule has 2 rings (SSSR count). The Kier molecular flexibility index (Phi) is 9.17. The highest BCUT2D eigenvalue weighted by molar-refractivity contribution is 5.46. The molecular weight excluding hydrogens is 308 g/mol. The number of aromatic nitrogens is 2. The van der Waals surface area contributed by atoms with Gasteiger partial charge >= 0.3 is 0 Å². The summed E-state index contributed by atoms with van der Waals surface area (Å²) >= 11 is 0. The molecule has 0 spiro atoms. The Morgan fingerprint density at radius 2 is 1.56 bits per heavy atom. The van der Waals surface area contributed by atoms with Crippen molar-refractivity contribution in [1.29, 1.82) is 0 Å². The molecule has 3 heteroatoms. The third-order valence-electron chi connectivity index (χ3n) is 4.65. The lowest BCUT2D eigenvalue weighted by Crippen LogP contribution is -2.30. The zero-order valence-electron chi connectivity index (χ0n) is 16.1. The molecule has 0 bridgehead atoms. The third kappa shape index (κ3) is 6.93. The largest absolute Gasteiger partial charge is 0.489 e. The van der Waals surface area contributed by atoms with Gasteiger partial charge in [0.25, 0.3) is 0 Å². The Labute approximate surface area is 153 Å². The van der Waals surface area contributed by atoms with Crippen molar-refractivity contribution in [2.75, 3.05) is 6.61 Å². The highest BCUT2D eigenvalue weighted by atomic mass is 16.5. The standard InChI is InChI=1S/C22H35N2O/c1-3-5-6-7-8-9-10-11-14-17-23-18-19-24(20-23)21-15-12-13-16-22(21)25-4-2/h12-13,15-16,18-20H,3-11,14,17H2,1-2H3/q+1. The van der Waals surface area contributed by atoms with Gasteiger partial charge in [-0.05, 0) is 31.9 Å². The highest BCUT2D eigenvalue weighted by Gasteiger charge is 2.11. The first-order valence-electron chi connectivity index (χ1n) is 10.1. The van der Waals surface area contributed by atoms with E-state index < -0.39 is 0 Å². The van der Waals surface area contributed by atoms with E-state index in [1.807, 2.05) is 19.1 Å². The van der Waals surface area contributed by atoms with Crippen LogP contribution in [0, 0.1) is 0 Å². The maximum absolute atomic E-state index is 5.73. The molecule has 0 aliphatic rings. The van der Waals surface area contributed by atoms with Crippen molar-refractivity contribution in [2.45, 2.75) is 78.2 Å². The van der Waals surface area contributed by atoms with Crippen LogP contribution in [0.4, 0.5) is 0 Å². The molecule has 0 saturated carbocycles. The Hall–Kier alpha value is -1.77.